The molecular formula is C15H12N4O2. The first-order valence-corrected chi connectivity index (χ1v) is 6.61. The van der Waals surface area contributed by atoms with Gasteiger partial charge in [0.15, 0.2) is 0 Å². The molecule has 0 fully saturated rings. The van der Waals surface area contributed by atoms with Gasteiger partial charge in [0.2, 0.25) is 0 Å². The fourth-order valence-corrected chi connectivity index (χ4v) is 2.78. The Balaban J connectivity index is 1.93. The number of hydrogen-bond acceptors (Lipinski definition) is 2. The molecule has 21 heavy (non-hydrogen) atoms. The molecule has 1 N–H and O–H groups in total. The molecule has 0 radical (unpaired) electrons. The van der Waals surface area contributed by atoms with Gasteiger partial charge >= 0.3 is 11.7 Å². The second-order valence-corrected chi connectivity index (χ2v) is 5.05. The van der Waals surface area contributed by atoms with Crippen LogP contribution in [0.3, 0.4) is 0 Å². The molecule has 104 valence electrons. The maximum Gasteiger partial charge on any atom is 0.342 e. The Hall–Kier alpha value is -2.89. The molecule has 4 rings (SSSR count). The van der Waals surface area contributed by atoms with Crippen molar-refractivity contribution in [2.24, 2.45) is 12.0 Å². The summed E-state index contributed by atoms with van der Waals surface area (Å²) in [5.74, 6) is 0. The number of nitrogens with zero attached hydrogens (tertiary/aromatic N) is 3. The summed E-state index contributed by atoms with van der Waals surface area (Å²) in [4.78, 5) is 27.7. The largest absolute Gasteiger partial charge is 0.342 e. The monoisotopic (exact) mass is 280 g/mol. The van der Waals surface area contributed by atoms with E-state index in [4.69, 9.17) is 0 Å². The average Bonchev–Trinajstić information content (AvgIpc) is 2.97. The number of allylic oxidation sites excluding steroid dienone is 2. The predicted octanol–water partition coefficient (Wildman–Crippen LogP) is 1.28. The Labute approximate surface area is 119 Å². The number of carbonyl (C=O) groups excluding carboxylic acids is 1. The standard InChI is InChI=1S/C15H12N4O2/c1-18-12-4-2-3-5-13(12)19(15(18)21)9-6-7-10-11(8-9)17-14(20)16-10/h2-8,11H,1H3,(H,17,20). The predicted molar refractivity (Wildman–Crippen MR) is 80.3 cm³/mol. The average molecular weight is 280 g/mol. The minimum absolute atomic E-state index is 0.114. The van der Waals surface area contributed by atoms with Gasteiger partial charge in [-0.25, -0.2) is 9.59 Å². The molecule has 1 aromatic carbocycles. The van der Waals surface area contributed by atoms with Gasteiger partial charge in [-0.1, -0.05) is 12.1 Å². The lowest BCUT2D eigenvalue weighted by Gasteiger charge is -2.14. The van der Waals surface area contributed by atoms with Crippen molar-refractivity contribution in [3.05, 3.63) is 53.0 Å². The fraction of sp³-hybridized carbons (Fsp3) is 0.133. The molecule has 0 saturated carbocycles. The number of benzene rings is 1. The number of rotatable bonds is 1. The number of aliphatic imine (C=N–C) groups is 1. The molecule has 6 nitrogen and oxygen atoms in total. The number of aryl methyl sites for hydroxylation is 1. The summed E-state index contributed by atoms with van der Waals surface area (Å²) < 4.78 is 3.26. The normalized spacial score (nSPS) is 20.2. The van der Waals surface area contributed by atoms with Crippen molar-refractivity contribution in [2.45, 2.75) is 6.04 Å². The fourth-order valence-electron chi connectivity index (χ4n) is 2.78. The van der Waals surface area contributed by atoms with E-state index in [-0.39, 0.29) is 17.8 Å². The quantitative estimate of drug-likeness (QED) is 0.855. The lowest BCUT2D eigenvalue weighted by molar-refractivity contribution is 0.251. The highest BCUT2D eigenvalue weighted by atomic mass is 16.2. The van der Waals surface area contributed by atoms with E-state index >= 15 is 0 Å². The van der Waals surface area contributed by atoms with Gasteiger partial charge in [-0.15, -0.1) is 0 Å². The molecule has 0 bridgehead atoms. The molecule has 1 aliphatic carbocycles. The number of amides is 2. The maximum absolute atomic E-state index is 12.5. The van der Waals surface area contributed by atoms with Crippen LogP contribution in [0.15, 0.2) is 52.3 Å². The third-order valence-electron chi connectivity index (χ3n) is 3.81. The zero-order valence-electron chi connectivity index (χ0n) is 11.3. The van der Waals surface area contributed by atoms with Crippen molar-refractivity contribution in [3.8, 4) is 0 Å². The molecule has 2 heterocycles. The van der Waals surface area contributed by atoms with Gasteiger partial charge in [-0.2, -0.15) is 4.99 Å². The van der Waals surface area contributed by atoms with E-state index in [1.165, 1.54) is 0 Å². The molecule has 1 atom stereocenters. The SMILES string of the molecule is Cn1c(=O)n(C2=CC3NC(=O)N=C3C=C2)c2ccccc21. The molecule has 2 aliphatic rings. The van der Waals surface area contributed by atoms with Crippen LogP contribution in [0.5, 0.6) is 0 Å². The van der Waals surface area contributed by atoms with Crippen molar-refractivity contribution in [1.82, 2.24) is 14.5 Å². The van der Waals surface area contributed by atoms with Crippen molar-refractivity contribution in [3.63, 3.8) is 0 Å². The number of urea groups is 1. The number of hydrogen-bond donors (Lipinski definition) is 1. The highest BCUT2D eigenvalue weighted by molar-refractivity contribution is 6.14. The van der Waals surface area contributed by atoms with Crippen LogP contribution in [-0.2, 0) is 7.05 Å². The van der Waals surface area contributed by atoms with Crippen molar-refractivity contribution >= 4 is 28.5 Å². The third kappa shape index (κ3) is 1.62. The molecule has 0 saturated heterocycles. The first-order valence-electron chi connectivity index (χ1n) is 6.61. The second-order valence-electron chi connectivity index (χ2n) is 5.05. The minimum atomic E-state index is -0.345. The van der Waals surface area contributed by atoms with Crippen LogP contribution in [0.25, 0.3) is 16.7 Å². The van der Waals surface area contributed by atoms with Gasteiger partial charge in [0.25, 0.3) is 0 Å². The Morgan fingerprint density at radius 3 is 2.71 bits per heavy atom. The topological polar surface area (TPSA) is 68.4 Å². The summed E-state index contributed by atoms with van der Waals surface area (Å²) in [6.45, 7) is 0. The van der Waals surface area contributed by atoms with Crippen LogP contribution >= 0.6 is 0 Å². The van der Waals surface area contributed by atoms with Crippen LogP contribution in [0.1, 0.15) is 0 Å². The van der Waals surface area contributed by atoms with E-state index in [9.17, 15) is 9.59 Å². The maximum atomic E-state index is 12.5. The lowest BCUT2D eigenvalue weighted by Crippen LogP contribution is -2.32. The zero-order chi connectivity index (χ0) is 14.6. The Morgan fingerprint density at radius 2 is 1.90 bits per heavy atom. The molecule has 2 aromatic rings. The lowest BCUT2D eigenvalue weighted by atomic mass is 10.1. The molecular weight excluding hydrogens is 268 g/mol. The van der Waals surface area contributed by atoms with Crippen LogP contribution in [-0.4, -0.2) is 26.9 Å². The van der Waals surface area contributed by atoms with Gasteiger partial charge < -0.3 is 5.32 Å². The number of para-hydroxylation sites is 2. The van der Waals surface area contributed by atoms with Crippen molar-refractivity contribution in [2.75, 3.05) is 0 Å². The van der Waals surface area contributed by atoms with E-state index in [2.05, 4.69) is 10.3 Å². The van der Waals surface area contributed by atoms with E-state index in [1.807, 2.05) is 36.4 Å². The van der Waals surface area contributed by atoms with E-state index in [0.717, 1.165) is 16.7 Å². The van der Waals surface area contributed by atoms with Crippen LogP contribution in [0.4, 0.5) is 4.79 Å². The van der Waals surface area contributed by atoms with Gasteiger partial charge in [0, 0.05) is 12.7 Å². The summed E-state index contributed by atoms with van der Waals surface area (Å²) in [6.07, 6.45) is 5.42. The highest BCUT2D eigenvalue weighted by Crippen LogP contribution is 2.21. The molecule has 1 aliphatic heterocycles. The first-order chi connectivity index (χ1) is 10.1. The number of imidazole rings is 1. The van der Waals surface area contributed by atoms with Crippen LogP contribution in [0, 0.1) is 0 Å². The van der Waals surface area contributed by atoms with Crippen LogP contribution in [0.2, 0.25) is 0 Å². The molecule has 1 unspecified atom stereocenters. The molecule has 2 amide bonds. The van der Waals surface area contributed by atoms with Gasteiger partial charge in [-0.05, 0) is 30.4 Å². The van der Waals surface area contributed by atoms with Gasteiger partial charge in [0.1, 0.15) is 0 Å². The summed E-state index contributed by atoms with van der Waals surface area (Å²) >= 11 is 0. The third-order valence-corrected chi connectivity index (χ3v) is 3.81. The van der Waals surface area contributed by atoms with Crippen LogP contribution < -0.4 is 11.0 Å². The second kappa shape index (κ2) is 4.05. The Kier molecular flexibility index (Phi) is 2.29. The first kappa shape index (κ1) is 11.9. The molecule has 1 aromatic heterocycles. The highest BCUT2D eigenvalue weighted by Gasteiger charge is 2.26. The number of nitrogens with one attached hydrogen (secondary N) is 1. The number of aromatic nitrogens is 2. The molecule has 6 heteroatoms. The smallest absolute Gasteiger partial charge is 0.324 e. The Morgan fingerprint density at radius 1 is 1.14 bits per heavy atom. The number of carbonyl (C=O) groups is 1. The van der Waals surface area contributed by atoms with E-state index in [1.54, 1.807) is 22.3 Å². The zero-order valence-corrected chi connectivity index (χ0v) is 11.3. The minimum Gasteiger partial charge on any atom is -0.324 e. The van der Waals surface area contributed by atoms with Crippen molar-refractivity contribution in [1.29, 1.82) is 0 Å². The van der Waals surface area contributed by atoms with E-state index < -0.39 is 0 Å². The summed E-state index contributed by atoms with van der Waals surface area (Å²) in [6, 6.07) is 7.01. The molecule has 0 spiro atoms. The number of fused-ring (bicyclic) bond motifs is 2. The summed E-state index contributed by atoms with van der Waals surface area (Å²) in [5, 5.41) is 2.74. The summed E-state index contributed by atoms with van der Waals surface area (Å²) in [7, 11) is 1.75. The Bertz CT molecular complexity index is 927. The van der Waals surface area contributed by atoms with Gasteiger partial charge in [0.05, 0.1) is 22.8 Å². The van der Waals surface area contributed by atoms with Crippen molar-refractivity contribution < 1.29 is 4.79 Å². The van der Waals surface area contributed by atoms with Gasteiger partial charge in [-0.3, -0.25) is 9.13 Å². The summed E-state index contributed by atoms with van der Waals surface area (Å²) in [5.41, 5.74) is 3.01. The van der Waals surface area contributed by atoms with E-state index in [0.29, 0.717) is 5.71 Å².